The number of aromatic nitrogens is 3. The summed E-state index contributed by atoms with van der Waals surface area (Å²) in [6, 6.07) is 4.97. The van der Waals surface area contributed by atoms with Gasteiger partial charge in [-0.15, -0.1) is 0 Å². The molecule has 1 atom stereocenters. The zero-order valence-electron chi connectivity index (χ0n) is 14.7. The van der Waals surface area contributed by atoms with Gasteiger partial charge < -0.3 is 9.30 Å². The zero-order valence-corrected chi connectivity index (χ0v) is 14.7. The predicted octanol–water partition coefficient (Wildman–Crippen LogP) is 2.19. The summed E-state index contributed by atoms with van der Waals surface area (Å²) in [5.74, 6) is -0.641. The van der Waals surface area contributed by atoms with Gasteiger partial charge in [0.25, 0.3) is 5.56 Å². The summed E-state index contributed by atoms with van der Waals surface area (Å²) in [6.45, 7) is 5.79. The van der Waals surface area contributed by atoms with Gasteiger partial charge in [0.15, 0.2) is 0 Å². The number of fused-ring (bicyclic) bond motifs is 2. The molecule has 0 aliphatic heterocycles. The standard InChI is InChI=1S/C18H20N4O3/c1-5-11(3)22-14(19)12(18(24)25-4)9-13-16(22)20-15-10(2)7-6-8-21(15)17(13)23/h6-9,11,19H,5H2,1-4H3/t11-/m0/s1. The largest absolute Gasteiger partial charge is 0.465 e. The molecule has 7 nitrogen and oxygen atoms in total. The van der Waals surface area contributed by atoms with Crippen LogP contribution in [-0.4, -0.2) is 27.0 Å². The van der Waals surface area contributed by atoms with Crippen LogP contribution in [0.3, 0.4) is 0 Å². The molecular weight excluding hydrogens is 320 g/mol. The van der Waals surface area contributed by atoms with Gasteiger partial charge in [-0.05, 0) is 38.0 Å². The Morgan fingerprint density at radius 1 is 1.40 bits per heavy atom. The van der Waals surface area contributed by atoms with Gasteiger partial charge in [-0.3, -0.25) is 14.6 Å². The molecule has 0 spiro atoms. The first-order valence-electron chi connectivity index (χ1n) is 8.10. The molecule has 3 heterocycles. The summed E-state index contributed by atoms with van der Waals surface area (Å²) in [4.78, 5) is 29.7. The topological polar surface area (TPSA) is 89.5 Å². The Labute approximate surface area is 144 Å². The summed E-state index contributed by atoms with van der Waals surface area (Å²) < 4.78 is 7.88. The number of carbonyl (C=O) groups is 1. The van der Waals surface area contributed by atoms with Crippen LogP contribution < -0.4 is 11.0 Å². The fourth-order valence-corrected chi connectivity index (χ4v) is 2.94. The minimum atomic E-state index is -0.641. The second kappa shape index (κ2) is 6.16. The van der Waals surface area contributed by atoms with Crippen molar-refractivity contribution in [2.45, 2.75) is 33.2 Å². The van der Waals surface area contributed by atoms with Gasteiger partial charge in [-0.2, -0.15) is 0 Å². The Balaban J connectivity index is 2.60. The predicted molar refractivity (Wildman–Crippen MR) is 93.9 cm³/mol. The lowest BCUT2D eigenvalue weighted by molar-refractivity contribution is 0.0597. The summed E-state index contributed by atoms with van der Waals surface area (Å²) >= 11 is 0. The van der Waals surface area contributed by atoms with Crippen molar-refractivity contribution in [1.29, 1.82) is 5.41 Å². The number of methoxy groups -OCH3 is 1. The second-order valence-corrected chi connectivity index (χ2v) is 6.06. The maximum atomic E-state index is 13.0. The van der Waals surface area contributed by atoms with E-state index < -0.39 is 5.97 Å². The van der Waals surface area contributed by atoms with Gasteiger partial charge in [0, 0.05) is 12.2 Å². The van der Waals surface area contributed by atoms with Crippen molar-refractivity contribution >= 4 is 22.6 Å². The lowest BCUT2D eigenvalue weighted by atomic mass is 10.1. The lowest BCUT2D eigenvalue weighted by Gasteiger charge is -2.19. The van der Waals surface area contributed by atoms with Crippen LogP contribution in [0.4, 0.5) is 0 Å². The number of ether oxygens (including phenoxy) is 1. The molecule has 3 rings (SSSR count). The van der Waals surface area contributed by atoms with Crippen LogP contribution in [0.15, 0.2) is 29.2 Å². The van der Waals surface area contributed by atoms with Crippen LogP contribution in [0, 0.1) is 12.3 Å². The first-order chi connectivity index (χ1) is 11.9. The SMILES string of the molecule is CC[C@H](C)n1c(=N)c(C(=O)OC)cc2c(=O)n3cccc(C)c3nc21. The number of nitrogens with one attached hydrogen (secondary N) is 1. The van der Waals surface area contributed by atoms with Gasteiger partial charge >= 0.3 is 5.97 Å². The third-order valence-corrected chi connectivity index (χ3v) is 4.51. The van der Waals surface area contributed by atoms with Crippen molar-refractivity contribution < 1.29 is 9.53 Å². The molecule has 0 aliphatic rings. The monoisotopic (exact) mass is 340 g/mol. The molecule has 7 heteroatoms. The summed E-state index contributed by atoms with van der Waals surface area (Å²) in [5, 5.41) is 8.73. The molecule has 0 saturated heterocycles. The number of carbonyl (C=O) groups excluding carboxylic acids is 1. The first-order valence-corrected chi connectivity index (χ1v) is 8.10. The number of pyridine rings is 2. The summed E-state index contributed by atoms with van der Waals surface area (Å²) in [6.07, 6.45) is 2.38. The van der Waals surface area contributed by atoms with Crippen molar-refractivity contribution in [2.24, 2.45) is 0 Å². The number of hydrogen-bond donors (Lipinski definition) is 1. The summed E-state index contributed by atoms with van der Waals surface area (Å²) in [5.41, 5.74) is 1.60. The van der Waals surface area contributed by atoms with Crippen molar-refractivity contribution in [3.63, 3.8) is 0 Å². The maximum Gasteiger partial charge on any atom is 0.341 e. The molecule has 0 unspecified atom stereocenters. The van der Waals surface area contributed by atoms with Crippen molar-refractivity contribution in [1.82, 2.24) is 14.0 Å². The van der Waals surface area contributed by atoms with Gasteiger partial charge in [0.2, 0.25) is 0 Å². The molecule has 3 aromatic heterocycles. The second-order valence-electron chi connectivity index (χ2n) is 6.06. The Morgan fingerprint density at radius 3 is 2.76 bits per heavy atom. The Morgan fingerprint density at radius 2 is 2.12 bits per heavy atom. The van der Waals surface area contributed by atoms with Crippen LogP contribution >= 0.6 is 0 Å². The van der Waals surface area contributed by atoms with Crippen LogP contribution in [0.25, 0.3) is 16.7 Å². The van der Waals surface area contributed by atoms with Gasteiger partial charge in [-0.25, -0.2) is 9.78 Å². The van der Waals surface area contributed by atoms with E-state index in [1.54, 1.807) is 16.8 Å². The van der Waals surface area contributed by atoms with Gasteiger partial charge in [-0.1, -0.05) is 13.0 Å². The smallest absolute Gasteiger partial charge is 0.341 e. The third kappa shape index (κ3) is 2.52. The van der Waals surface area contributed by atoms with E-state index in [4.69, 9.17) is 10.1 Å². The van der Waals surface area contributed by atoms with Gasteiger partial charge in [0.1, 0.15) is 22.3 Å². The highest BCUT2D eigenvalue weighted by Gasteiger charge is 2.20. The van der Waals surface area contributed by atoms with E-state index in [0.29, 0.717) is 16.7 Å². The fraction of sp³-hybridized carbons (Fsp3) is 0.333. The number of rotatable bonds is 3. The molecule has 0 bridgehead atoms. The van der Waals surface area contributed by atoms with E-state index in [1.165, 1.54) is 17.6 Å². The number of esters is 1. The molecular formula is C18H20N4O3. The summed E-state index contributed by atoms with van der Waals surface area (Å²) in [7, 11) is 1.26. The number of nitrogens with zero attached hydrogens (tertiary/aromatic N) is 3. The molecule has 0 amide bonds. The molecule has 0 aromatic carbocycles. The van der Waals surface area contributed by atoms with E-state index >= 15 is 0 Å². The number of hydrogen-bond acceptors (Lipinski definition) is 5. The zero-order chi connectivity index (χ0) is 18.3. The van der Waals surface area contributed by atoms with E-state index in [1.807, 2.05) is 26.8 Å². The molecule has 0 aliphatic carbocycles. The average molecular weight is 340 g/mol. The highest BCUT2D eigenvalue weighted by molar-refractivity contribution is 5.93. The van der Waals surface area contributed by atoms with Crippen molar-refractivity contribution in [2.75, 3.05) is 7.11 Å². The van der Waals surface area contributed by atoms with Crippen LogP contribution in [0.2, 0.25) is 0 Å². The Kier molecular flexibility index (Phi) is 4.16. The Hall–Kier alpha value is -2.96. The number of aryl methyl sites for hydroxylation is 1. The third-order valence-electron chi connectivity index (χ3n) is 4.51. The van der Waals surface area contributed by atoms with E-state index in [-0.39, 0.29) is 22.7 Å². The minimum absolute atomic E-state index is 0.00136. The van der Waals surface area contributed by atoms with E-state index in [9.17, 15) is 9.59 Å². The highest BCUT2D eigenvalue weighted by Crippen LogP contribution is 2.17. The molecule has 25 heavy (non-hydrogen) atoms. The molecule has 0 saturated carbocycles. The normalized spacial score (nSPS) is 12.5. The van der Waals surface area contributed by atoms with E-state index in [0.717, 1.165) is 12.0 Å². The van der Waals surface area contributed by atoms with Crippen molar-refractivity contribution in [3.8, 4) is 0 Å². The molecule has 0 fully saturated rings. The van der Waals surface area contributed by atoms with Crippen LogP contribution in [0.5, 0.6) is 0 Å². The fourth-order valence-electron chi connectivity index (χ4n) is 2.94. The molecule has 3 aromatic rings. The lowest BCUT2D eigenvalue weighted by Crippen LogP contribution is -2.32. The average Bonchev–Trinajstić information content (AvgIpc) is 2.61. The molecule has 0 radical (unpaired) electrons. The minimum Gasteiger partial charge on any atom is -0.465 e. The van der Waals surface area contributed by atoms with Crippen LogP contribution in [0.1, 0.15) is 42.2 Å². The Bertz CT molecular complexity index is 1110. The van der Waals surface area contributed by atoms with Crippen molar-refractivity contribution in [3.05, 3.63) is 51.4 Å². The van der Waals surface area contributed by atoms with E-state index in [2.05, 4.69) is 4.98 Å². The first kappa shape index (κ1) is 16.9. The maximum absolute atomic E-state index is 13.0. The van der Waals surface area contributed by atoms with Gasteiger partial charge in [0.05, 0.1) is 12.5 Å². The van der Waals surface area contributed by atoms with Crippen LogP contribution in [-0.2, 0) is 4.74 Å². The quantitative estimate of drug-likeness (QED) is 0.585. The highest BCUT2D eigenvalue weighted by atomic mass is 16.5. The molecule has 130 valence electrons. The molecule has 1 N–H and O–H groups in total.